The predicted octanol–water partition coefficient (Wildman–Crippen LogP) is 6.00. The smallest absolute Gasteiger partial charge is 0.282 e. The maximum absolute atomic E-state index is 13.5. The number of anilines is 2. The number of amides is 2. The van der Waals surface area contributed by atoms with Gasteiger partial charge in [0.05, 0.1) is 11.3 Å². The van der Waals surface area contributed by atoms with Crippen molar-refractivity contribution < 1.29 is 9.59 Å². The van der Waals surface area contributed by atoms with Crippen molar-refractivity contribution in [1.29, 1.82) is 0 Å². The molecule has 1 heterocycles. The van der Waals surface area contributed by atoms with Crippen molar-refractivity contribution >= 4 is 28.8 Å². The highest BCUT2D eigenvalue weighted by molar-refractivity contribution is 6.46. The van der Waals surface area contributed by atoms with E-state index in [1.54, 1.807) is 0 Å². The van der Waals surface area contributed by atoms with Gasteiger partial charge < -0.3 is 5.32 Å². The number of rotatable bonds is 4. The second kappa shape index (κ2) is 8.12. The number of nitrogens with one attached hydrogen (secondary N) is 1. The van der Waals surface area contributed by atoms with Crippen LogP contribution in [0.1, 0.15) is 43.0 Å². The lowest BCUT2D eigenvalue weighted by Crippen LogP contribution is -2.32. The van der Waals surface area contributed by atoms with Gasteiger partial charge in [0.1, 0.15) is 5.70 Å². The lowest BCUT2D eigenvalue weighted by molar-refractivity contribution is -0.120. The van der Waals surface area contributed by atoms with E-state index in [1.165, 1.54) is 10.5 Å². The molecule has 3 aromatic carbocycles. The molecule has 0 saturated carbocycles. The van der Waals surface area contributed by atoms with Crippen LogP contribution in [0.2, 0.25) is 0 Å². The van der Waals surface area contributed by atoms with Gasteiger partial charge in [0.2, 0.25) is 0 Å². The molecule has 0 aromatic heterocycles. The molecular weight excluding hydrogens is 396 g/mol. The fourth-order valence-electron chi connectivity index (χ4n) is 3.82. The Bertz CT molecular complexity index is 1220. The van der Waals surface area contributed by atoms with E-state index in [2.05, 4.69) is 26.1 Å². The molecule has 2 amide bonds. The van der Waals surface area contributed by atoms with Crippen LogP contribution in [0.15, 0.2) is 78.5 Å². The quantitative estimate of drug-likeness (QED) is 0.523. The fraction of sp³-hybridized carbons (Fsp3) is 0.214. The Morgan fingerprint density at radius 3 is 2.00 bits per heavy atom. The fourth-order valence-corrected chi connectivity index (χ4v) is 3.82. The summed E-state index contributed by atoms with van der Waals surface area (Å²) in [5, 5.41) is 3.24. The lowest BCUT2D eigenvalue weighted by Gasteiger charge is -2.19. The molecule has 0 fully saturated rings. The van der Waals surface area contributed by atoms with Crippen LogP contribution in [-0.2, 0) is 15.0 Å². The van der Waals surface area contributed by atoms with E-state index in [0.717, 1.165) is 16.8 Å². The Labute approximate surface area is 189 Å². The van der Waals surface area contributed by atoms with Gasteiger partial charge in [0, 0.05) is 5.69 Å². The number of aryl methyl sites for hydroxylation is 2. The van der Waals surface area contributed by atoms with Crippen molar-refractivity contribution in [3.05, 3.63) is 101 Å². The molecule has 162 valence electrons. The van der Waals surface area contributed by atoms with Gasteiger partial charge in [-0.3, -0.25) is 9.59 Å². The van der Waals surface area contributed by atoms with Crippen LogP contribution in [-0.4, -0.2) is 11.8 Å². The zero-order valence-corrected chi connectivity index (χ0v) is 19.2. The molecule has 0 atom stereocenters. The summed E-state index contributed by atoms with van der Waals surface area (Å²) in [7, 11) is 0. The van der Waals surface area contributed by atoms with Gasteiger partial charge in [-0.1, -0.05) is 69.3 Å². The molecule has 0 aliphatic carbocycles. The molecule has 4 rings (SSSR count). The first kappa shape index (κ1) is 21.6. The summed E-state index contributed by atoms with van der Waals surface area (Å²) in [4.78, 5) is 28.3. The normalized spacial score (nSPS) is 14.3. The van der Waals surface area contributed by atoms with Crippen molar-refractivity contribution in [3.63, 3.8) is 0 Å². The largest absolute Gasteiger partial charge is 0.350 e. The molecule has 1 aliphatic heterocycles. The number of carbonyl (C=O) groups is 2. The summed E-state index contributed by atoms with van der Waals surface area (Å²) in [5.41, 5.74) is 6.12. The van der Waals surface area contributed by atoms with Crippen molar-refractivity contribution in [2.24, 2.45) is 0 Å². The monoisotopic (exact) mass is 424 g/mol. The van der Waals surface area contributed by atoms with Crippen LogP contribution >= 0.6 is 0 Å². The first-order valence-electron chi connectivity index (χ1n) is 10.8. The Hall–Kier alpha value is -3.66. The van der Waals surface area contributed by atoms with Gasteiger partial charge in [-0.2, -0.15) is 0 Å². The number of nitrogens with zero attached hydrogens (tertiary/aromatic N) is 1. The summed E-state index contributed by atoms with van der Waals surface area (Å²) in [6.45, 7) is 10.5. The highest BCUT2D eigenvalue weighted by atomic mass is 16.2. The molecule has 32 heavy (non-hydrogen) atoms. The molecule has 4 nitrogen and oxygen atoms in total. The first-order chi connectivity index (χ1) is 15.2. The number of benzene rings is 3. The predicted molar refractivity (Wildman–Crippen MR) is 131 cm³/mol. The minimum atomic E-state index is -0.350. The highest BCUT2D eigenvalue weighted by Crippen LogP contribution is 2.34. The van der Waals surface area contributed by atoms with E-state index < -0.39 is 0 Å². The van der Waals surface area contributed by atoms with Gasteiger partial charge in [-0.25, -0.2) is 4.90 Å². The second-order valence-electron chi connectivity index (χ2n) is 9.28. The summed E-state index contributed by atoms with van der Waals surface area (Å²) < 4.78 is 0. The third-order valence-electron chi connectivity index (χ3n) is 5.92. The summed E-state index contributed by atoms with van der Waals surface area (Å²) in [6.07, 6.45) is 0. The minimum Gasteiger partial charge on any atom is -0.350 e. The van der Waals surface area contributed by atoms with Gasteiger partial charge >= 0.3 is 0 Å². The van der Waals surface area contributed by atoms with Crippen molar-refractivity contribution in [2.75, 3.05) is 10.2 Å². The molecule has 0 spiro atoms. The number of imide groups is 1. The highest BCUT2D eigenvalue weighted by Gasteiger charge is 2.40. The molecule has 1 aliphatic rings. The maximum Gasteiger partial charge on any atom is 0.282 e. The van der Waals surface area contributed by atoms with Gasteiger partial charge in [0.25, 0.3) is 11.8 Å². The summed E-state index contributed by atoms with van der Waals surface area (Å²) in [6, 6.07) is 23.0. The van der Waals surface area contributed by atoms with Gasteiger partial charge in [0.15, 0.2) is 0 Å². The molecule has 0 bridgehead atoms. The molecule has 4 heteroatoms. The van der Waals surface area contributed by atoms with E-state index >= 15 is 0 Å². The van der Waals surface area contributed by atoms with Crippen molar-refractivity contribution in [1.82, 2.24) is 0 Å². The Kier molecular flexibility index (Phi) is 5.47. The van der Waals surface area contributed by atoms with Crippen LogP contribution in [0, 0.1) is 13.8 Å². The van der Waals surface area contributed by atoms with Crippen LogP contribution in [0.5, 0.6) is 0 Å². The van der Waals surface area contributed by atoms with Crippen LogP contribution < -0.4 is 10.2 Å². The van der Waals surface area contributed by atoms with Gasteiger partial charge in [-0.05, 0) is 65.8 Å². The van der Waals surface area contributed by atoms with E-state index in [-0.39, 0.29) is 17.2 Å². The molecule has 1 N–H and O–H groups in total. The Balaban J connectivity index is 1.77. The molecule has 3 aromatic rings. The number of hydrogen-bond donors (Lipinski definition) is 1. The third kappa shape index (κ3) is 3.96. The summed E-state index contributed by atoms with van der Waals surface area (Å²) in [5.74, 6) is -0.671. The zero-order chi connectivity index (χ0) is 23.0. The Morgan fingerprint density at radius 1 is 0.750 bits per heavy atom. The average Bonchev–Trinajstić information content (AvgIpc) is 3.00. The van der Waals surface area contributed by atoms with Crippen LogP contribution in [0.4, 0.5) is 11.4 Å². The second-order valence-corrected chi connectivity index (χ2v) is 9.28. The minimum absolute atomic E-state index is 0.0340. The standard InChI is InChI=1S/C28H28N2O2/c1-18-11-16-23(17-19(18)2)30-26(31)24(20-9-7-6-8-10-20)25(27(30)32)29-22-14-12-21(13-15-22)28(3,4)5/h6-17,29H,1-5H3. The van der Waals surface area contributed by atoms with Crippen molar-refractivity contribution in [3.8, 4) is 0 Å². The number of hydrogen-bond acceptors (Lipinski definition) is 3. The summed E-state index contributed by atoms with van der Waals surface area (Å²) >= 11 is 0. The van der Waals surface area contributed by atoms with Crippen LogP contribution in [0.25, 0.3) is 5.57 Å². The molecular formula is C28H28N2O2. The third-order valence-corrected chi connectivity index (χ3v) is 5.92. The molecule has 0 radical (unpaired) electrons. The zero-order valence-electron chi connectivity index (χ0n) is 19.2. The van der Waals surface area contributed by atoms with Crippen LogP contribution in [0.3, 0.4) is 0 Å². The SMILES string of the molecule is Cc1ccc(N2C(=O)C(Nc3ccc(C(C)(C)C)cc3)=C(c3ccccc3)C2=O)cc1C. The maximum atomic E-state index is 13.5. The average molecular weight is 425 g/mol. The first-order valence-corrected chi connectivity index (χ1v) is 10.8. The number of carbonyl (C=O) groups excluding carboxylic acids is 2. The van der Waals surface area contributed by atoms with E-state index in [1.807, 2.05) is 86.6 Å². The molecule has 0 unspecified atom stereocenters. The van der Waals surface area contributed by atoms with E-state index in [0.29, 0.717) is 22.5 Å². The van der Waals surface area contributed by atoms with Crippen molar-refractivity contribution in [2.45, 2.75) is 40.0 Å². The molecule has 0 saturated heterocycles. The lowest BCUT2D eigenvalue weighted by atomic mass is 9.87. The van der Waals surface area contributed by atoms with E-state index in [4.69, 9.17) is 0 Å². The van der Waals surface area contributed by atoms with E-state index in [9.17, 15) is 9.59 Å². The Morgan fingerprint density at radius 2 is 1.41 bits per heavy atom. The topological polar surface area (TPSA) is 49.4 Å². The van der Waals surface area contributed by atoms with Gasteiger partial charge in [-0.15, -0.1) is 0 Å².